The summed E-state index contributed by atoms with van der Waals surface area (Å²) in [6, 6.07) is 11.3. The average Bonchev–Trinajstić information content (AvgIpc) is 2.92. The van der Waals surface area contributed by atoms with Crippen molar-refractivity contribution in [2.24, 2.45) is 0 Å². The van der Waals surface area contributed by atoms with E-state index in [4.69, 9.17) is 4.74 Å². The van der Waals surface area contributed by atoms with E-state index in [1.807, 2.05) is 0 Å². The highest BCUT2D eigenvalue weighted by atomic mass is 32.2. The number of nitrogens with zero attached hydrogens (tertiary/aromatic N) is 1. The lowest BCUT2D eigenvalue weighted by molar-refractivity contribution is -0.150. The van der Waals surface area contributed by atoms with Crippen molar-refractivity contribution >= 4 is 34.4 Å². The minimum Gasteiger partial charge on any atom is -0.458 e. The monoisotopic (exact) mass is 556 g/mol. The zero-order valence-electron chi connectivity index (χ0n) is 21.9. The number of carbonyl (C=O) groups is 4. The number of nitrogens with one attached hydrogen (secondary N) is 1. The number of halogens is 1. The van der Waals surface area contributed by atoms with Crippen LogP contribution in [0.25, 0.3) is 0 Å². The van der Waals surface area contributed by atoms with Crippen LogP contribution in [-0.4, -0.2) is 57.2 Å². The summed E-state index contributed by atoms with van der Waals surface area (Å²) in [6.07, 6.45) is 3.96. The Morgan fingerprint density at radius 1 is 1.10 bits per heavy atom. The van der Waals surface area contributed by atoms with Gasteiger partial charge in [-0.25, -0.2) is 9.18 Å². The highest BCUT2D eigenvalue weighted by Gasteiger charge is 2.44. The van der Waals surface area contributed by atoms with E-state index < -0.39 is 28.2 Å². The summed E-state index contributed by atoms with van der Waals surface area (Å²) in [7, 11) is -1.43. The normalized spacial score (nSPS) is 16.1. The van der Waals surface area contributed by atoms with Crippen LogP contribution in [-0.2, 0) is 30.9 Å². The van der Waals surface area contributed by atoms with Crippen molar-refractivity contribution in [2.75, 3.05) is 13.2 Å². The summed E-state index contributed by atoms with van der Waals surface area (Å²) in [4.78, 5) is 50.3. The largest absolute Gasteiger partial charge is 0.458 e. The fraction of sp³-hybridized carbons (Fsp3) is 0.379. The zero-order chi connectivity index (χ0) is 28.4. The van der Waals surface area contributed by atoms with Crippen molar-refractivity contribution in [1.82, 2.24) is 10.2 Å². The smallest absolute Gasteiger partial charge is 0.338 e. The van der Waals surface area contributed by atoms with Gasteiger partial charge in [0.1, 0.15) is 23.8 Å². The van der Waals surface area contributed by atoms with Crippen LogP contribution in [0.15, 0.2) is 61.2 Å². The predicted octanol–water partition coefficient (Wildman–Crippen LogP) is 3.92. The van der Waals surface area contributed by atoms with Gasteiger partial charge in [0.05, 0.1) is 17.7 Å². The molecular weight excluding hydrogens is 523 g/mol. The molecule has 3 unspecified atom stereocenters. The summed E-state index contributed by atoms with van der Waals surface area (Å²) in [5.41, 5.74) is 1.59. The quantitative estimate of drug-likeness (QED) is 0.117. The first-order valence-electron chi connectivity index (χ1n) is 12.8. The number of esters is 1. The maximum Gasteiger partial charge on any atom is 0.338 e. The molecule has 1 aliphatic rings. The SMILES string of the molecule is C=CCOC(=O)c1ccc(CS(=O)C2CC(=O)N2C(C)C(=O)NCCCCCC(=O)c2ccc(F)cc2)cc1. The van der Waals surface area contributed by atoms with Crippen molar-refractivity contribution in [2.45, 2.75) is 56.2 Å². The second-order valence-electron chi connectivity index (χ2n) is 9.28. The molecule has 3 atom stereocenters. The third-order valence-electron chi connectivity index (χ3n) is 6.42. The summed E-state index contributed by atoms with van der Waals surface area (Å²) in [5, 5.41) is 2.25. The van der Waals surface area contributed by atoms with Gasteiger partial charge in [0.25, 0.3) is 0 Å². The Hall–Kier alpha value is -3.66. The van der Waals surface area contributed by atoms with Gasteiger partial charge in [-0.3, -0.25) is 18.6 Å². The molecule has 10 heteroatoms. The number of hydrogen-bond acceptors (Lipinski definition) is 6. The summed E-state index contributed by atoms with van der Waals surface area (Å²) in [5.74, 6) is -1.28. The number of hydrogen-bond donors (Lipinski definition) is 1. The molecule has 8 nitrogen and oxygen atoms in total. The van der Waals surface area contributed by atoms with Crippen LogP contribution in [0, 0.1) is 5.82 Å². The van der Waals surface area contributed by atoms with Crippen molar-refractivity contribution in [1.29, 1.82) is 0 Å². The zero-order valence-corrected chi connectivity index (χ0v) is 22.7. The minimum atomic E-state index is -1.43. The van der Waals surface area contributed by atoms with Gasteiger partial charge in [0, 0.05) is 29.3 Å². The predicted molar refractivity (Wildman–Crippen MR) is 146 cm³/mol. The molecule has 0 saturated carbocycles. The van der Waals surface area contributed by atoms with E-state index in [1.54, 1.807) is 31.2 Å². The number of rotatable bonds is 15. The lowest BCUT2D eigenvalue weighted by Crippen LogP contribution is -2.62. The summed E-state index contributed by atoms with van der Waals surface area (Å²) >= 11 is 0. The van der Waals surface area contributed by atoms with Crippen LogP contribution in [0.1, 0.15) is 65.3 Å². The Balaban J connectivity index is 1.39. The molecule has 1 saturated heterocycles. The van der Waals surface area contributed by atoms with E-state index in [-0.39, 0.29) is 42.2 Å². The van der Waals surface area contributed by atoms with Gasteiger partial charge in [-0.2, -0.15) is 0 Å². The number of unbranched alkanes of at least 4 members (excludes halogenated alkanes) is 2. The van der Waals surface area contributed by atoms with E-state index in [9.17, 15) is 27.8 Å². The lowest BCUT2D eigenvalue weighted by Gasteiger charge is -2.42. The maximum atomic E-state index is 13.0. The number of β-lactam (4-membered cyclic amide) rings is 1. The maximum absolute atomic E-state index is 13.0. The van der Waals surface area contributed by atoms with Crippen LogP contribution >= 0.6 is 0 Å². The Morgan fingerprint density at radius 3 is 2.41 bits per heavy atom. The first kappa shape index (κ1) is 29.9. The number of ketones is 1. The van der Waals surface area contributed by atoms with Gasteiger partial charge in [-0.05, 0) is 61.7 Å². The van der Waals surface area contributed by atoms with Crippen LogP contribution in [0.2, 0.25) is 0 Å². The summed E-state index contributed by atoms with van der Waals surface area (Å²) < 4.78 is 30.9. The average molecular weight is 557 g/mol. The minimum absolute atomic E-state index is 0.0510. The van der Waals surface area contributed by atoms with E-state index in [0.29, 0.717) is 36.9 Å². The molecule has 0 bridgehead atoms. The molecular formula is C29H33FN2O6S. The van der Waals surface area contributed by atoms with Crippen molar-refractivity contribution in [3.63, 3.8) is 0 Å². The van der Waals surface area contributed by atoms with Crippen LogP contribution in [0.5, 0.6) is 0 Å². The molecule has 2 aromatic rings. The molecule has 1 heterocycles. The molecule has 1 aliphatic heterocycles. The summed E-state index contributed by atoms with van der Waals surface area (Å²) in [6.45, 7) is 5.62. The number of carbonyl (C=O) groups excluding carboxylic acids is 4. The van der Waals surface area contributed by atoms with Crippen molar-refractivity contribution in [3.05, 3.63) is 83.7 Å². The Bertz CT molecular complexity index is 1220. The van der Waals surface area contributed by atoms with Gasteiger partial charge < -0.3 is 15.0 Å². The number of amides is 2. The molecule has 1 fully saturated rings. The van der Waals surface area contributed by atoms with E-state index in [2.05, 4.69) is 11.9 Å². The van der Waals surface area contributed by atoms with Crippen LogP contribution in [0.3, 0.4) is 0 Å². The number of likely N-dealkylation sites (tertiary alicyclic amines) is 1. The van der Waals surface area contributed by atoms with Gasteiger partial charge in [-0.1, -0.05) is 31.2 Å². The Morgan fingerprint density at radius 2 is 1.77 bits per heavy atom. The first-order chi connectivity index (χ1) is 18.7. The first-order valence-corrected chi connectivity index (χ1v) is 14.2. The number of ether oxygens (including phenoxy) is 1. The third kappa shape index (κ3) is 8.41. The highest BCUT2D eigenvalue weighted by molar-refractivity contribution is 7.85. The van der Waals surface area contributed by atoms with Crippen molar-refractivity contribution < 1.29 is 32.5 Å². The molecule has 3 rings (SSSR count). The van der Waals surface area contributed by atoms with Crippen LogP contribution in [0.4, 0.5) is 4.39 Å². The molecule has 0 radical (unpaired) electrons. The standard InChI is InChI=1S/C29H33FN2O6S/c1-3-17-38-29(36)23-10-8-21(9-11-23)19-39(37)27-18-26(34)32(27)20(2)28(35)31-16-6-4-5-7-25(33)22-12-14-24(30)15-13-22/h3,8-15,20,27H,1,4-7,16-19H2,2H3,(H,31,35). The van der Waals surface area contributed by atoms with Gasteiger partial charge in [-0.15, -0.1) is 0 Å². The number of benzene rings is 2. The van der Waals surface area contributed by atoms with Gasteiger partial charge in [0.15, 0.2) is 5.78 Å². The lowest BCUT2D eigenvalue weighted by atomic mass is 10.0. The fourth-order valence-electron chi connectivity index (χ4n) is 4.15. The molecule has 2 aromatic carbocycles. The fourth-order valence-corrected chi connectivity index (χ4v) is 5.75. The van der Waals surface area contributed by atoms with E-state index in [0.717, 1.165) is 12.0 Å². The molecule has 208 valence electrons. The van der Waals surface area contributed by atoms with Crippen molar-refractivity contribution in [3.8, 4) is 0 Å². The number of Topliss-reactive ketones (excluding diaryl/α,β-unsaturated/α-hetero) is 1. The second kappa shape index (κ2) is 14.5. The second-order valence-corrected chi connectivity index (χ2v) is 10.9. The van der Waals surface area contributed by atoms with Gasteiger partial charge >= 0.3 is 5.97 Å². The molecule has 39 heavy (non-hydrogen) atoms. The van der Waals surface area contributed by atoms with Gasteiger partial charge in [0.2, 0.25) is 11.8 Å². The Kier molecular flexibility index (Phi) is 11.1. The van der Waals surface area contributed by atoms with Crippen LogP contribution < -0.4 is 5.32 Å². The highest BCUT2D eigenvalue weighted by Crippen LogP contribution is 2.27. The third-order valence-corrected chi connectivity index (χ3v) is 8.04. The van der Waals surface area contributed by atoms with E-state index >= 15 is 0 Å². The van der Waals surface area contributed by atoms with E-state index in [1.165, 1.54) is 35.2 Å². The molecule has 1 N–H and O–H groups in total. The topological polar surface area (TPSA) is 110 Å². The molecule has 0 aliphatic carbocycles. The molecule has 2 amide bonds. The molecule has 0 aromatic heterocycles. The molecule has 0 spiro atoms. The Labute approximate surface area is 230 Å².